The van der Waals surface area contributed by atoms with Crippen LogP contribution in [-0.2, 0) is 4.79 Å². The van der Waals surface area contributed by atoms with Gasteiger partial charge in [0.15, 0.2) is 0 Å². The molecule has 0 saturated heterocycles. The number of rotatable bonds is 6. The Morgan fingerprint density at radius 1 is 1.33 bits per heavy atom. The van der Waals surface area contributed by atoms with Gasteiger partial charge in [0.2, 0.25) is 5.91 Å². The number of carbonyl (C=O) groups excluding carboxylic acids is 1. The van der Waals surface area contributed by atoms with Gasteiger partial charge in [0, 0.05) is 12.6 Å². The molecule has 1 rings (SSSR count). The molecule has 1 amide bonds. The number of hydrogen-bond donors (Lipinski definition) is 2. The summed E-state index contributed by atoms with van der Waals surface area (Å²) in [6.07, 6.45) is 2.74. The van der Waals surface area contributed by atoms with Crippen LogP contribution in [0.3, 0.4) is 0 Å². The predicted molar refractivity (Wildman–Crippen MR) is 80.7 cm³/mol. The molecule has 6 heteroatoms. The van der Waals surface area contributed by atoms with Gasteiger partial charge in [-0.25, -0.2) is 0 Å². The van der Waals surface area contributed by atoms with Gasteiger partial charge in [0.25, 0.3) is 0 Å². The molecule has 3 N–H and O–H groups in total. The highest BCUT2D eigenvalue weighted by atomic mass is 35.5. The monoisotopic (exact) mass is 299 g/mol. The van der Waals surface area contributed by atoms with Gasteiger partial charge in [0.05, 0.1) is 5.54 Å². The van der Waals surface area contributed by atoms with Crippen LogP contribution in [0.5, 0.6) is 0 Å². The van der Waals surface area contributed by atoms with Crippen LogP contribution in [0.15, 0.2) is 0 Å². The van der Waals surface area contributed by atoms with Crippen LogP contribution in [0.25, 0.3) is 0 Å². The lowest BCUT2D eigenvalue weighted by Crippen LogP contribution is -2.60. The summed E-state index contributed by atoms with van der Waals surface area (Å²) in [6.45, 7) is 9.24. The van der Waals surface area contributed by atoms with E-state index in [0.717, 1.165) is 38.9 Å². The second-order valence-corrected chi connectivity index (χ2v) is 4.87. The Morgan fingerprint density at radius 3 is 2.17 bits per heavy atom. The van der Waals surface area contributed by atoms with E-state index in [4.69, 9.17) is 5.73 Å². The minimum Gasteiger partial charge on any atom is -0.351 e. The highest BCUT2D eigenvalue weighted by molar-refractivity contribution is 5.87. The van der Waals surface area contributed by atoms with Crippen molar-refractivity contribution in [1.82, 2.24) is 10.2 Å². The van der Waals surface area contributed by atoms with Crippen LogP contribution in [0.1, 0.15) is 40.0 Å². The largest absolute Gasteiger partial charge is 0.351 e. The van der Waals surface area contributed by atoms with E-state index in [1.807, 2.05) is 6.92 Å². The number of halogens is 2. The van der Waals surface area contributed by atoms with Gasteiger partial charge in [-0.15, -0.1) is 24.8 Å². The van der Waals surface area contributed by atoms with Crippen LogP contribution in [0.2, 0.25) is 0 Å². The summed E-state index contributed by atoms with van der Waals surface area (Å²) in [4.78, 5) is 14.2. The number of amides is 1. The molecule has 1 unspecified atom stereocenters. The van der Waals surface area contributed by atoms with E-state index in [1.165, 1.54) is 0 Å². The number of nitrogens with one attached hydrogen (secondary N) is 1. The summed E-state index contributed by atoms with van der Waals surface area (Å²) in [5.41, 5.74) is 5.39. The molecule has 0 aromatic rings. The van der Waals surface area contributed by atoms with Crippen molar-refractivity contribution in [2.45, 2.75) is 51.6 Å². The topological polar surface area (TPSA) is 58.4 Å². The zero-order valence-corrected chi connectivity index (χ0v) is 13.2. The second kappa shape index (κ2) is 8.97. The summed E-state index contributed by atoms with van der Waals surface area (Å²) >= 11 is 0. The molecule has 1 aliphatic carbocycles. The highest BCUT2D eigenvalue weighted by Gasteiger charge is 2.40. The molecular formula is C12H27Cl2N3O. The quantitative estimate of drug-likeness (QED) is 0.782. The lowest BCUT2D eigenvalue weighted by atomic mass is 9.77. The zero-order chi connectivity index (χ0) is 12.2. The average molecular weight is 300 g/mol. The number of nitrogens with zero attached hydrogens (tertiary/aromatic N) is 1. The van der Waals surface area contributed by atoms with Gasteiger partial charge < -0.3 is 16.0 Å². The van der Waals surface area contributed by atoms with E-state index >= 15 is 0 Å². The Hall–Kier alpha value is -0.0300. The molecule has 0 bridgehead atoms. The fourth-order valence-corrected chi connectivity index (χ4v) is 2.07. The first-order chi connectivity index (χ1) is 7.51. The number of likely N-dealkylation sites (N-methyl/N-ethyl adjacent to an activating group) is 1. The van der Waals surface area contributed by atoms with Crippen molar-refractivity contribution < 1.29 is 4.79 Å². The van der Waals surface area contributed by atoms with E-state index in [-0.39, 0.29) is 36.8 Å². The Labute approximate surface area is 123 Å². The summed E-state index contributed by atoms with van der Waals surface area (Å²) < 4.78 is 0. The van der Waals surface area contributed by atoms with Crippen molar-refractivity contribution in [2.75, 3.05) is 19.6 Å². The van der Waals surface area contributed by atoms with E-state index in [1.54, 1.807) is 0 Å². The fourth-order valence-electron chi connectivity index (χ4n) is 2.07. The molecule has 0 aromatic heterocycles. The van der Waals surface area contributed by atoms with Gasteiger partial charge in [-0.05, 0) is 39.3 Å². The molecule has 0 radical (unpaired) electrons. The van der Waals surface area contributed by atoms with Crippen molar-refractivity contribution in [2.24, 2.45) is 5.73 Å². The summed E-state index contributed by atoms with van der Waals surface area (Å²) in [5.74, 6) is 0.0263. The SMILES string of the molecule is CCN(CC)CC(C)NC(=O)C1(N)CCC1.Cl.Cl. The first-order valence-electron chi connectivity index (χ1n) is 6.34. The molecule has 0 spiro atoms. The van der Waals surface area contributed by atoms with E-state index in [2.05, 4.69) is 24.1 Å². The molecule has 0 heterocycles. The van der Waals surface area contributed by atoms with Crippen LogP contribution >= 0.6 is 24.8 Å². The molecule has 1 saturated carbocycles. The van der Waals surface area contributed by atoms with Gasteiger partial charge in [-0.1, -0.05) is 13.8 Å². The maximum absolute atomic E-state index is 11.9. The predicted octanol–water partition coefficient (Wildman–Crippen LogP) is 1.56. The van der Waals surface area contributed by atoms with Crippen LogP contribution < -0.4 is 11.1 Å². The van der Waals surface area contributed by atoms with Crippen molar-refractivity contribution >= 4 is 30.7 Å². The van der Waals surface area contributed by atoms with Crippen LogP contribution in [-0.4, -0.2) is 42.0 Å². The van der Waals surface area contributed by atoms with Gasteiger partial charge in [-0.2, -0.15) is 0 Å². The Bertz CT molecular complexity index is 243. The smallest absolute Gasteiger partial charge is 0.240 e. The Balaban J connectivity index is 0. The standard InChI is InChI=1S/C12H25N3O.2ClH/c1-4-15(5-2)9-10(3)14-11(16)12(13)7-6-8-12;;/h10H,4-9,13H2,1-3H3,(H,14,16);2*1H. The van der Waals surface area contributed by atoms with Crippen LogP contribution in [0.4, 0.5) is 0 Å². The van der Waals surface area contributed by atoms with Crippen LogP contribution in [0, 0.1) is 0 Å². The molecule has 1 aliphatic rings. The lowest BCUT2D eigenvalue weighted by Gasteiger charge is -2.37. The third-order valence-corrected chi connectivity index (χ3v) is 3.50. The second-order valence-electron chi connectivity index (χ2n) is 4.87. The molecule has 4 nitrogen and oxygen atoms in total. The summed E-state index contributed by atoms with van der Waals surface area (Å²) in [6, 6.07) is 0.174. The number of nitrogens with two attached hydrogens (primary N) is 1. The third kappa shape index (κ3) is 5.31. The molecule has 0 aliphatic heterocycles. The lowest BCUT2D eigenvalue weighted by molar-refractivity contribution is -0.130. The molecule has 1 atom stereocenters. The van der Waals surface area contributed by atoms with E-state index in [9.17, 15) is 4.79 Å². The van der Waals surface area contributed by atoms with Crippen molar-refractivity contribution in [3.8, 4) is 0 Å². The van der Waals surface area contributed by atoms with Gasteiger partial charge >= 0.3 is 0 Å². The minimum atomic E-state index is -0.572. The maximum Gasteiger partial charge on any atom is 0.240 e. The number of carbonyl (C=O) groups is 1. The first-order valence-corrected chi connectivity index (χ1v) is 6.34. The molecule has 110 valence electrons. The third-order valence-electron chi connectivity index (χ3n) is 3.50. The highest BCUT2D eigenvalue weighted by Crippen LogP contribution is 2.29. The van der Waals surface area contributed by atoms with Crippen molar-refractivity contribution in [3.63, 3.8) is 0 Å². The van der Waals surface area contributed by atoms with Gasteiger partial charge in [-0.3, -0.25) is 4.79 Å². The van der Waals surface area contributed by atoms with E-state index < -0.39 is 5.54 Å². The van der Waals surface area contributed by atoms with Crippen molar-refractivity contribution in [3.05, 3.63) is 0 Å². The summed E-state index contributed by atoms with van der Waals surface area (Å²) in [7, 11) is 0. The fraction of sp³-hybridized carbons (Fsp3) is 0.917. The zero-order valence-electron chi connectivity index (χ0n) is 11.6. The summed E-state index contributed by atoms with van der Waals surface area (Å²) in [5, 5.41) is 3.02. The minimum absolute atomic E-state index is 0. The molecular weight excluding hydrogens is 273 g/mol. The molecule has 18 heavy (non-hydrogen) atoms. The van der Waals surface area contributed by atoms with E-state index in [0.29, 0.717) is 0 Å². The maximum atomic E-state index is 11.9. The normalized spacial score (nSPS) is 18.1. The Kier molecular flexibility index (Phi) is 10.1. The van der Waals surface area contributed by atoms with Crippen molar-refractivity contribution in [1.29, 1.82) is 0 Å². The van der Waals surface area contributed by atoms with Gasteiger partial charge in [0.1, 0.15) is 0 Å². The first kappa shape index (κ1) is 20.3. The molecule has 1 fully saturated rings. The average Bonchev–Trinajstić information content (AvgIpc) is 2.22. The molecule has 0 aromatic carbocycles. The Morgan fingerprint density at radius 2 is 1.83 bits per heavy atom. The number of hydrogen-bond acceptors (Lipinski definition) is 3.